The van der Waals surface area contributed by atoms with Crippen LogP contribution in [-0.4, -0.2) is 0 Å². The number of para-hydroxylation sites is 1. The van der Waals surface area contributed by atoms with Crippen LogP contribution in [0.1, 0.15) is 73.0 Å². The SMILES string of the molecule is CC1=Cc2c(oc3ccc(N(C4=CC=CCC4)c4cc5c(c6ccccc46)C=C(N(c4ccccc4)c4ccc6oc7ccc(C)cc7c6c4)C4C=CC=CC54)cc23)C(C)C1. The smallest absolute Gasteiger partial charge is 0.135 e. The maximum atomic E-state index is 6.56. The number of hydrogen-bond donors (Lipinski definition) is 0. The molecule has 4 aliphatic rings. The third-order valence-electron chi connectivity index (χ3n) is 13.3. The predicted octanol–water partition coefficient (Wildman–Crippen LogP) is 16.1. The lowest BCUT2D eigenvalue weighted by molar-refractivity contribution is 0.499. The molecule has 0 bridgehead atoms. The minimum atomic E-state index is 0.0989. The molecule has 0 spiro atoms. The maximum Gasteiger partial charge on any atom is 0.135 e. The van der Waals surface area contributed by atoms with E-state index in [1.165, 1.54) is 61.1 Å². The molecule has 0 N–H and O–H groups in total. The first-order chi connectivity index (χ1) is 30.0. The van der Waals surface area contributed by atoms with Gasteiger partial charge in [-0.3, -0.25) is 0 Å². The van der Waals surface area contributed by atoms with Gasteiger partial charge in [0, 0.05) is 73.3 Å². The zero-order chi connectivity index (χ0) is 40.8. The molecule has 4 aliphatic carbocycles. The number of aryl methyl sites for hydroxylation is 1. The first kappa shape index (κ1) is 35.9. The van der Waals surface area contributed by atoms with Crippen molar-refractivity contribution in [2.75, 3.05) is 9.80 Å². The van der Waals surface area contributed by atoms with Crippen LogP contribution in [0.3, 0.4) is 0 Å². The number of furan rings is 2. The van der Waals surface area contributed by atoms with Crippen LogP contribution in [0.5, 0.6) is 0 Å². The molecule has 8 aromatic rings. The molecule has 12 rings (SSSR count). The molecule has 3 unspecified atom stereocenters. The van der Waals surface area contributed by atoms with E-state index >= 15 is 0 Å². The Kier molecular flexibility index (Phi) is 8.25. The summed E-state index contributed by atoms with van der Waals surface area (Å²) in [6.07, 6.45) is 23.9. The van der Waals surface area contributed by atoms with Gasteiger partial charge in [0.15, 0.2) is 0 Å². The Labute approximate surface area is 356 Å². The number of fused-ring (bicyclic) bond motifs is 11. The number of nitrogens with zero attached hydrogens (tertiary/aromatic N) is 2. The van der Waals surface area contributed by atoms with Crippen molar-refractivity contribution in [1.29, 1.82) is 0 Å². The van der Waals surface area contributed by atoms with Crippen molar-refractivity contribution in [2.24, 2.45) is 5.92 Å². The molecule has 2 aromatic heterocycles. The molecule has 3 atom stereocenters. The standard InChI is InChI=1S/C57H46N2O2/c1-35-22-25-54-48(29-35)49-31-40(23-26-55(49)60-54)58(38-14-6-4-7-15-38)52-33-46-43-19-11-13-21-45(43)53(34-47(46)42-18-10-12-20-44(42)52)59(39-16-8-5-9-17-39)41-24-27-56-50(32-41)51-30-36(2)28-37(3)57(51)61-56/h4-8,10-16,18-27,29-34,37,42,44H,9,17,28H2,1-3H3. The zero-order valence-corrected chi connectivity index (χ0v) is 34.7. The fraction of sp³-hybridized carbons (Fsp3) is 0.158. The second-order valence-electron chi connectivity index (χ2n) is 17.4. The van der Waals surface area contributed by atoms with E-state index in [0.717, 1.165) is 69.6 Å². The van der Waals surface area contributed by atoms with E-state index in [9.17, 15) is 0 Å². The Morgan fingerprint density at radius 3 is 2.08 bits per heavy atom. The Morgan fingerprint density at radius 2 is 1.28 bits per heavy atom. The molecule has 4 nitrogen and oxygen atoms in total. The Bertz CT molecular complexity index is 3290. The minimum absolute atomic E-state index is 0.0989. The summed E-state index contributed by atoms with van der Waals surface area (Å²) in [7, 11) is 0. The van der Waals surface area contributed by atoms with E-state index < -0.39 is 0 Å². The van der Waals surface area contributed by atoms with E-state index in [0.29, 0.717) is 5.92 Å². The molecule has 0 fully saturated rings. The highest BCUT2D eigenvalue weighted by atomic mass is 16.3. The largest absolute Gasteiger partial charge is 0.460 e. The van der Waals surface area contributed by atoms with Gasteiger partial charge >= 0.3 is 0 Å². The Balaban J connectivity index is 1.08. The monoisotopic (exact) mass is 790 g/mol. The highest BCUT2D eigenvalue weighted by molar-refractivity contribution is 6.08. The molecular formula is C57H46N2O2. The summed E-state index contributed by atoms with van der Waals surface area (Å²) in [6.45, 7) is 6.67. The van der Waals surface area contributed by atoms with Crippen LogP contribution in [0.25, 0.3) is 55.8 Å². The molecule has 6 aromatic carbocycles. The zero-order valence-electron chi connectivity index (χ0n) is 34.7. The number of anilines is 4. The summed E-state index contributed by atoms with van der Waals surface area (Å²) in [5.41, 5.74) is 16.4. The fourth-order valence-electron chi connectivity index (χ4n) is 10.6. The second-order valence-corrected chi connectivity index (χ2v) is 17.4. The molecule has 61 heavy (non-hydrogen) atoms. The summed E-state index contributed by atoms with van der Waals surface area (Å²) in [4.78, 5) is 5.01. The molecule has 0 saturated carbocycles. The quantitative estimate of drug-likeness (QED) is 0.168. The number of allylic oxidation sites excluding steroid dienone is 9. The van der Waals surface area contributed by atoms with Gasteiger partial charge in [-0.25, -0.2) is 0 Å². The number of rotatable bonds is 6. The predicted molar refractivity (Wildman–Crippen MR) is 255 cm³/mol. The van der Waals surface area contributed by atoms with E-state index in [-0.39, 0.29) is 11.8 Å². The van der Waals surface area contributed by atoms with Gasteiger partial charge in [-0.15, -0.1) is 0 Å². The number of benzene rings is 6. The lowest BCUT2D eigenvalue weighted by Crippen LogP contribution is -2.29. The van der Waals surface area contributed by atoms with Crippen LogP contribution < -0.4 is 9.80 Å². The molecule has 0 amide bonds. The van der Waals surface area contributed by atoms with Crippen molar-refractivity contribution in [3.8, 4) is 0 Å². The van der Waals surface area contributed by atoms with Gasteiger partial charge in [-0.2, -0.15) is 0 Å². The van der Waals surface area contributed by atoms with Crippen LogP contribution in [-0.2, 0) is 0 Å². The molecule has 0 radical (unpaired) electrons. The lowest BCUT2D eigenvalue weighted by Gasteiger charge is -2.40. The fourth-order valence-corrected chi connectivity index (χ4v) is 10.6. The normalized spacial score (nSPS) is 19.1. The van der Waals surface area contributed by atoms with E-state index in [1.54, 1.807) is 0 Å². The van der Waals surface area contributed by atoms with Gasteiger partial charge in [-0.05, 0) is 129 Å². The highest BCUT2D eigenvalue weighted by Crippen LogP contribution is 2.52. The van der Waals surface area contributed by atoms with E-state index in [4.69, 9.17) is 8.83 Å². The summed E-state index contributed by atoms with van der Waals surface area (Å²) >= 11 is 0. The van der Waals surface area contributed by atoms with Crippen LogP contribution in [0.2, 0.25) is 0 Å². The average molecular weight is 791 g/mol. The Morgan fingerprint density at radius 1 is 0.574 bits per heavy atom. The molecular weight excluding hydrogens is 745 g/mol. The second kappa shape index (κ2) is 14.0. The van der Waals surface area contributed by atoms with Crippen molar-refractivity contribution in [3.05, 3.63) is 203 Å². The average Bonchev–Trinajstić information content (AvgIpc) is 3.85. The van der Waals surface area contributed by atoms with Gasteiger partial charge in [0.25, 0.3) is 0 Å². The highest BCUT2D eigenvalue weighted by Gasteiger charge is 2.36. The third kappa shape index (κ3) is 5.80. The topological polar surface area (TPSA) is 32.8 Å². The summed E-state index contributed by atoms with van der Waals surface area (Å²) in [5, 5.41) is 5.93. The molecule has 2 heterocycles. The van der Waals surface area contributed by atoms with Gasteiger partial charge in [0.05, 0.1) is 5.69 Å². The van der Waals surface area contributed by atoms with Crippen LogP contribution >= 0.6 is 0 Å². The van der Waals surface area contributed by atoms with Crippen molar-refractivity contribution < 1.29 is 8.83 Å². The molecule has 4 heteroatoms. The lowest BCUT2D eigenvalue weighted by atomic mass is 9.73. The van der Waals surface area contributed by atoms with Crippen molar-refractivity contribution in [3.63, 3.8) is 0 Å². The van der Waals surface area contributed by atoms with Gasteiger partial charge in [-0.1, -0.05) is 109 Å². The third-order valence-corrected chi connectivity index (χ3v) is 13.3. The van der Waals surface area contributed by atoms with Crippen LogP contribution in [0.4, 0.5) is 22.7 Å². The molecule has 296 valence electrons. The summed E-state index contributed by atoms with van der Waals surface area (Å²) in [6, 6.07) is 42.3. The maximum absolute atomic E-state index is 6.56. The van der Waals surface area contributed by atoms with Crippen LogP contribution in [0, 0.1) is 12.8 Å². The Hall–Kier alpha value is -7.04. The molecule has 0 aliphatic heterocycles. The van der Waals surface area contributed by atoms with E-state index in [1.807, 2.05) is 0 Å². The van der Waals surface area contributed by atoms with Gasteiger partial charge < -0.3 is 18.6 Å². The van der Waals surface area contributed by atoms with Crippen molar-refractivity contribution >= 4 is 78.6 Å². The van der Waals surface area contributed by atoms with Gasteiger partial charge in [0.2, 0.25) is 0 Å². The van der Waals surface area contributed by atoms with Crippen molar-refractivity contribution in [1.82, 2.24) is 0 Å². The summed E-state index contributed by atoms with van der Waals surface area (Å²) < 4.78 is 12.9. The summed E-state index contributed by atoms with van der Waals surface area (Å²) in [5.74, 6) is 1.69. The minimum Gasteiger partial charge on any atom is -0.460 e. The first-order valence-corrected chi connectivity index (χ1v) is 21.8. The number of hydrogen-bond acceptors (Lipinski definition) is 4. The van der Waals surface area contributed by atoms with E-state index in [2.05, 4.69) is 201 Å². The first-order valence-electron chi connectivity index (χ1n) is 21.8. The van der Waals surface area contributed by atoms with Crippen molar-refractivity contribution in [2.45, 2.75) is 51.9 Å². The molecule has 0 saturated heterocycles. The van der Waals surface area contributed by atoms with Crippen LogP contribution in [0.15, 0.2) is 184 Å². The van der Waals surface area contributed by atoms with Gasteiger partial charge in [0.1, 0.15) is 22.5 Å².